The number of aromatic nitrogens is 2. The minimum Gasteiger partial charge on any atom is -0.412 e. The Morgan fingerprint density at radius 1 is 0.824 bits per heavy atom. The Morgan fingerprint density at radius 3 is 2.15 bits per heavy atom. The second-order valence-corrected chi connectivity index (χ2v) is 11.5. The molecular formula is C24H33N5O4S. The normalized spacial score (nSPS) is 21.6. The van der Waals surface area contributed by atoms with Crippen LogP contribution in [0.2, 0.25) is 0 Å². The van der Waals surface area contributed by atoms with Crippen molar-refractivity contribution in [3.8, 4) is 11.5 Å². The van der Waals surface area contributed by atoms with Crippen LogP contribution in [0.4, 0.5) is 0 Å². The monoisotopic (exact) mass is 487 g/mol. The minimum atomic E-state index is -3.49. The van der Waals surface area contributed by atoms with Crippen molar-refractivity contribution >= 4 is 15.9 Å². The zero-order valence-corrected chi connectivity index (χ0v) is 20.4. The van der Waals surface area contributed by atoms with Gasteiger partial charge in [0.15, 0.2) is 0 Å². The van der Waals surface area contributed by atoms with E-state index in [0.717, 1.165) is 32.4 Å². The summed E-state index contributed by atoms with van der Waals surface area (Å²) in [5.41, 5.74) is 0.589. The molecule has 1 amide bonds. The van der Waals surface area contributed by atoms with Crippen LogP contribution in [0.5, 0.6) is 0 Å². The summed E-state index contributed by atoms with van der Waals surface area (Å²) >= 11 is 0. The van der Waals surface area contributed by atoms with Gasteiger partial charge in [-0.1, -0.05) is 25.7 Å². The van der Waals surface area contributed by atoms with Crippen LogP contribution in [0.1, 0.15) is 62.1 Å². The third kappa shape index (κ3) is 4.89. The van der Waals surface area contributed by atoms with Crippen molar-refractivity contribution in [2.75, 3.05) is 39.3 Å². The average Bonchev–Trinajstić information content (AvgIpc) is 3.40. The smallest absolute Gasteiger partial charge is 0.311 e. The first kappa shape index (κ1) is 23.4. The molecule has 3 fully saturated rings. The molecule has 0 radical (unpaired) electrons. The molecule has 1 saturated carbocycles. The van der Waals surface area contributed by atoms with E-state index in [1.165, 1.54) is 32.1 Å². The predicted octanol–water partition coefficient (Wildman–Crippen LogP) is 3.00. The van der Waals surface area contributed by atoms with Gasteiger partial charge in [-0.3, -0.25) is 9.69 Å². The van der Waals surface area contributed by atoms with Crippen LogP contribution in [0.3, 0.4) is 0 Å². The zero-order valence-electron chi connectivity index (χ0n) is 19.6. The topological polar surface area (TPSA) is 99.8 Å². The number of carbonyl (C=O) groups is 1. The molecule has 1 aliphatic carbocycles. The number of benzene rings is 1. The van der Waals surface area contributed by atoms with Gasteiger partial charge in [0.05, 0.1) is 4.90 Å². The molecule has 0 atom stereocenters. The molecular weight excluding hydrogens is 454 g/mol. The molecule has 2 aliphatic heterocycles. The summed E-state index contributed by atoms with van der Waals surface area (Å²) in [6.07, 6.45) is 9.33. The van der Waals surface area contributed by atoms with Crippen molar-refractivity contribution in [1.29, 1.82) is 0 Å². The summed E-state index contributed by atoms with van der Waals surface area (Å²) < 4.78 is 32.9. The minimum absolute atomic E-state index is 0.0221. The quantitative estimate of drug-likeness (QED) is 0.639. The van der Waals surface area contributed by atoms with E-state index >= 15 is 0 Å². The Labute approximate surface area is 201 Å². The van der Waals surface area contributed by atoms with Crippen LogP contribution < -0.4 is 0 Å². The van der Waals surface area contributed by atoms with Crippen molar-refractivity contribution < 1.29 is 17.6 Å². The van der Waals surface area contributed by atoms with E-state index in [-0.39, 0.29) is 22.6 Å². The molecule has 34 heavy (non-hydrogen) atoms. The summed E-state index contributed by atoms with van der Waals surface area (Å²) in [6, 6.07) is 7.09. The van der Waals surface area contributed by atoms with Crippen molar-refractivity contribution in [3.63, 3.8) is 0 Å². The van der Waals surface area contributed by atoms with Gasteiger partial charge in [-0.2, -0.15) is 4.31 Å². The van der Waals surface area contributed by atoms with Gasteiger partial charge in [-0.15, -0.1) is 10.2 Å². The lowest BCUT2D eigenvalue weighted by Crippen LogP contribution is -2.52. The van der Waals surface area contributed by atoms with Gasteiger partial charge in [0.1, 0.15) is 0 Å². The average molecular weight is 488 g/mol. The molecule has 1 aromatic heterocycles. The Morgan fingerprint density at radius 2 is 1.47 bits per heavy atom. The number of sulfonamides is 1. The Bertz CT molecular complexity index is 1080. The van der Waals surface area contributed by atoms with Gasteiger partial charge in [-0.05, 0) is 49.9 Å². The number of amides is 1. The van der Waals surface area contributed by atoms with Crippen LogP contribution in [0, 0.1) is 0 Å². The fourth-order valence-electron chi connectivity index (χ4n) is 5.32. The number of carbonyl (C=O) groups excluding carboxylic acids is 1. The van der Waals surface area contributed by atoms with E-state index in [9.17, 15) is 13.2 Å². The molecule has 3 aliphatic rings. The van der Waals surface area contributed by atoms with Gasteiger partial charge < -0.3 is 9.32 Å². The molecule has 9 nitrogen and oxygen atoms in total. The molecule has 184 valence electrons. The molecule has 1 aromatic carbocycles. The van der Waals surface area contributed by atoms with Crippen molar-refractivity contribution in [2.45, 2.75) is 62.3 Å². The highest BCUT2D eigenvalue weighted by Gasteiger charge is 2.30. The van der Waals surface area contributed by atoms with Gasteiger partial charge in [0.25, 0.3) is 0 Å². The largest absolute Gasteiger partial charge is 0.412 e. The van der Waals surface area contributed by atoms with Crippen molar-refractivity contribution in [3.05, 3.63) is 30.2 Å². The van der Waals surface area contributed by atoms with E-state index < -0.39 is 10.0 Å². The fraction of sp³-hybridized carbons (Fsp3) is 0.625. The standard InChI is InChI=1S/C24H33N5O4S/c30-24(28-17-15-27(16-18-28)20-7-3-1-4-8-20)23-26-25-22(33-23)19-9-11-21(12-10-19)34(31,32)29-13-5-2-6-14-29/h9-12,20H,1-8,13-18H2. The maximum absolute atomic E-state index is 12.9. The first-order chi connectivity index (χ1) is 16.5. The highest BCUT2D eigenvalue weighted by atomic mass is 32.2. The number of rotatable bonds is 5. The molecule has 0 spiro atoms. The molecule has 5 rings (SSSR count). The van der Waals surface area contributed by atoms with Crippen LogP contribution in [-0.2, 0) is 10.0 Å². The first-order valence-corrected chi connectivity index (χ1v) is 13.9. The van der Waals surface area contributed by atoms with Crippen molar-refractivity contribution in [2.24, 2.45) is 0 Å². The van der Waals surface area contributed by atoms with Crippen LogP contribution in [-0.4, -0.2) is 83.9 Å². The number of piperidine rings is 1. The molecule has 2 aromatic rings. The summed E-state index contributed by atoms with van der Waals surface area (Å²) in [6.45, 7) is 4.21. The third-order valence-electron chi connectivity index (χ3n) is 7.35. The van der Waals surface area contributed by atoms with E-state index in [2.05, 4.69) is 15.1 Å². The SMILES string of the molecule is O=C(c1nnc(-c2ccc(S(=O)(=O)N3CCCCC3)cc2)o1)N1CCN(C2CCCCC2)CC1. The number of hydrogen-bond acceptors (Lipinski definition) is 7. The Hall–Kier alpha value is -2.30. The van der Waals surface area contributed by atoms with E-state index in [1.807, 2.05) is 0 Å². The highest BCUT2D eigenvalue weighted by Crippen LogP contribution is 2.26. The summed E-state index contributed by atoms with van der Waals surface area (Å²) in [5, 5.41) is 8.01. The first-order valence-electron chi connectivity index (χ1n) is 12.5. The maximum Gasteiger partial charge on any atom is 0.311 e. The second kappa shape index (κ2) is 10.1. The molecule has 3 heterocycles. The van der Waals surface area contributed by atoms with Crippen molar-refractivity contribution in [1.82, 2.24) is 24.3 Å². The molecule has 0 N–H and O–H groups in total. The van der Waals surface area contributed by atoms with E-state index in [0.29, 0.717) is 37.8 Å². The van der Waals surface area contributed by atoms with Crippen LogP contribution in [0.25, 0.3) is 11.5 Å². The number of piperazine rings is 1. The van der Waals surface area contributed by atoms with Crippen LogP contribution >= 0.6 is 0 Å². The van der Waals surface area contributed by atoms with E-state index in [1.54, 1.807) is 33.5 Å². The lowest BCUT2D eigenvalue weighted by Gasteiger charge is -2.40. The predicted molar refractivity (Wildman–Crippen MR) is 127 cm³/mol. The highest BCUT2D eigenvalue weighted by molar-refractivity contribution is 7.89. The fourth-order valence-corrected chi connectivity index (χ4v) is 6.84. The van der Waals surface area contributed by atoms with E-state index in [4.69, 9.17) is 4.42 Å². The second-order valence-electron chi connectivity index (χ2n) is 9.52. The maximum atomic E-state index is 12.9. The van der Waals surface area contributed by atoms with Gasteiger partial charge in [0.2, 0.25) is 15.9 Å². The lowest BCUT2D eigenvalue weighted by atomic mass is 9.94. The Kier molecular flexibility index (Phi) is 6.99. The van der Waals surface area contributed by atoms with Gasteiger partial charge in [-0.25, -0.2) is 8.42 Å². The number of hydrogen-bond donors (Lipinski definition) is 0. The van der Waals surface area contributed by atoms with Gasteiger partial charge in [0, 0.05) is 50.9 Å². The molecule has 0 bridgehead atoms. The van der Waals surface area contributed by atoms with Crippen LogP contribution in [0.15, 0.2) is 33.6 Å². The summed E-state index contributed by atoms with van der Waals surface area (Å²) in [5.74, 6) is -0.0522. The molecule has 2 saturated heterocycles. The lowest BCUT2D eigenvalue weighted by molar-refractivity contribution is 0.0491. The zero-order chi connectivity index (χ0) is 23.5. The summed E-state index contributed by atoms with van der Waals surface area (Å²) in [7, 11) is -3.49. The summed E-state index contributed by atoms with van der Waals surface area (Å²) in [4.78, 5) is 17.5. The molecule has 0 unspecified atom stereocenters. The Balaban J connectivity index is 1.21. The van der Waals surface area contributed by atoms with Gasteiger partial charge >= 0.3 is 11.8 Å². The number of nitrogens with zero attached hydrogens (tertiary/aromatic N) is 5. The third-order valence-corrected chi connectivity index (χ3v) is 9.27. The molecule has 10 heteroatoms.